The highest BCUT2D eigenvalue weighted by Gasteiger charge is 2.29. The van der Waals surface area contributed by atoms with Gasteiger partial charge in [0.05, 0.1) is 6.54 Å². The van der Waals surface area contributed by atoms with Crippen LogP contribution in [0.2, 0.25) is 5.02 Å². The molecule has 6 heteroatoms. The predicted octanol–water partition coefficient (Wildman–Crippen LogP) is 2.99. The molecule has 0 heterocycles. The number of benzene rings is 1. The van der Waals surface area contributed by atoms with Crippen LogP contribution in [0.4, 0.5) is 0 Å². The molecular formula is C18H27ClN2O3. The van der Waals surface area contributed by atoms with Gasteiger partial charge in [-0.3, -0.25) is 9.69 Å². The average molecular weight is 355 g/mol. The van der Waals surface area contributed by atoms with Crippen molar-refractivity contribution in [2.24, 2.45) is 0 Å². The van der Waals surface area contributed by atoms with Crippen LogP contribution in [0.15, 0.2) is 24.3 Å². The van der Waals surface area contributed by atoms with E-state index in [1.54, 1.807) is 14.2 Å². The molecule has 1 aliphatic carbocycles. The lowest BCUT2D eigenvalue weighted by molar-refractivity contribution is -0.135. The molecule has 134 valence electrons. The van der Waals surface area contributed by atoms with Gasteiger partial charge in [-0.25, -0.2) is 0 Å². The van der Waals surface area contributed by atoms with Gasteiger partial charge in [0.25, 0.3) is 0 Å². The zero-order valence-corrected chi connectivity index (χ0v) is 15.4. The summed E-state index contributed by atoms with van der Waals surface area (Å²) in [7, 11) is 5.09. The highest BCUT2D eigenvalue weighted by atomic mass is 35.5. The smallest absolute Gasteiger partial charge is 0.242 e. The van der Waals surface area contributed by atoms with Crippen LogP contribution in [0, 0.1) is 0 Å². The number of nitrogens with one attached hydrogen (secondary N) is 1. The molecule has 1 fully saturated rings. The van der Waals surface area contributed by atoms with Crippen LogP contribution >= 0.6 is 11.6 Å². The number of likely N-dealkylation sites (N-methyl/N-ethyl adjacent to an activating group) is 1. The molecule has 0 aliphatic heterocycles. The molecule has 1 aliphatic rings. The van der Waals surface area contributed by atoms with Crippen molar-refractivity contribution in [2.75, 3.05) is 27.8 Å². The summed E-state index contributed by atoms with van der Waals surface area (Å²) < 4.78 is 10.5. The van der Waals surface area contributed by atoms with Crippen molar-refractivity contribution < 1.29 is 14.3 Å². The van der Waals surface area contributed by atoms with Crippen LogP contribution in [-0.4, -0.2) is 51.0 Å². The average Bonchev–Trinajstić information content (AvgIpc) is 3.07. The Kier molecular flexibility index (Phi) is 7.49. The Morgan fingerprint density at radius 3 is 2.38 bits per heavy atom. The van der Waals surface area contributed by atoms with Crippen LogP contribution in [0.25, 0.3) is 0 Å². The maximum Gasteiger partial charge on any atom is 0.242 e. The van der Waals surface area contributed by atoms with Crippen molar-refractivity contribution in [3.05, 3.63) is 34.9 Å². The van der Waals surface area contributed by atoms with Crippen LogP contribution in [0.5, 0.6) is 0 Å². The lowest BCUT2D eigenvalue weighted by Gasteiger charge is -2.30. The van der Waals surface area contributed by atoms with Gasteiger partial charge in [-0.1, -0.05) is 36.6 Å². The summed E-state index contributed by atoms with van der Waals surface area (Å²) in [6.45, 7) is 0.485. The van der Waals surface area contributed by atoms with Crippen molar-refractivity contribution in [3.8, 4) is 0 Å². The van der Waals surface area contributed by atoms with E-state index in [2.05, 4.69) is 5.32 Å². The zero-order chi connectivity index (χ0) is 17.5. The molecule has 1 N–H and O–H groups in total. The van der Waals surface area contributed by atoms with Gasteiger partial charge in [0.1, 0.15) is 6.04 Å². The number of amides is 1. The fourth-order valence-corrected chi connectivity index (χ4v) is 3.31. The number of methoxy groups -OCH3 is 2. The van der Waals surface area contributed by atoms with Crippen LogP contribution in [0.3, 0.4) is 0 Å². The number of hydrogen-bond donors (Lipinski definition) is 1. The van der Waals surface area contributed by atoms with Gasteiger partial charge in [-0.05, 0) is 37.6 Å². The van der Waals surface area contributed by atoms with Crippen molar-refractivity contribution in [1.82, 2.24) is 10.2 Å². The molecule has 2 rings (SSSR count). The summed E-state index contributed by atoms with van der Waals surface area (Å²) in [5, 5.41) is 3.84. The first-order valence-electron chi connectivity index (χ1n) is 8.36. The van der Waals surface area contributed by atoms with Crippen LogP contribution in [0.1, 0.15) is 37.3 Å². The summed E-state index contributed by atoms with van der Waals surface area (Å²) in [5.74, 6) is 0.0117. The number of nitrogens with zero attached hydrogens (tertiary/aromatic N) is 1. The molecule has 24 heavy (non-hydrogen) atoms. The third kappa shape index (κ3) is 5.18. The van der Waals surface area contributed by atoms with E-state index in [1.165, 1.54) is 12.8 Å². The standard InChI is InChI=1S/C18H27ClN2O3/c1-21(12-16(23-2)24-3)17(13-8-10-14(19)11-9-13)18(22)20-15-6-4-5-7-15/h8-11,15-17H,4-7,12H2,1-3H3,(H,20,22). The monoisotopic (exact) mass is 354 g/mol. The summed E-state index contributed by atoms with van der Waals surface area (Å²) in [6.07, 6.45) is 4.09. The summed E-state index contributed by atoms with van der Waals surface area (Å²) >= 11 is 5.99. The second-order valence-corrected chi connectivity index (χ2v) is 6.72. The summed E-state index contributed by atoms with van der Waals surface area (Å²) in [5.41, 5.74) is 0.906. The lowest BCUT2D eigenvalue weighted by atomic mass is 10.0. The molecule has 1 saturated carbocycles. The minimum absolute atomic E-state index is 0.0117. The molecule has 0 spiro atoms. The molecule has 1 amide bonds. The van der Waals surface area contributed by atoms with Crippen molar-refractivity contribution >= 4 is 17.5 Å². The van der Waals surface area contributed by atoms with E-state index >= 15 is 0 Å². The number of carbonyl (C=O) groups excluding carboxylic acids is 1. The van der Waals surface area contributed by atoms with E-state index in [4.69, 9.17) is 21.1 Å². The lowest BCUT2D eigenvalue weighted by Crippen LogP contribution is -2.45. The largest absolute Gasteiger partial charge is 0.355 e. The molecule has 1 unspecified atom stereocenters. The van der Waals surface area contributed by atoms with Crippen molar-refractivity contribution in [2.45, 2.75) is 44.1 Å². The molecule has 1 aromatic carbocycles. The molecule has 1 atom stereocenters. The molecule has 1 aromatic rings. The minimum Gasteiger partial charge on any atom is -0.355 e. The molecule has 0 aromatic heterocycles. The number of hydrogen-bond acceptors (Lipinski definition) is 4. The molecular weight excluding hydrogens is 328 g/mol. The zero-order valence-electron chi connectivity index (χ0n) is 14.6. The number of carbonyl (C=O) groups is 1. The number of halogens is 1. The van der Waals surface area contributed by atoms with Gasteiger partial charge < -0.3 is 14.8 Å². The highest BCUT2D eigenvalue weighted by molar-refractivity contribution is 6.30. The summed E-state index contributed by atoms with van der Waals surface area (Å²) in [4.78, 5) is 14.9. The van der Waals surface area contributed by atoms with Gasteiger partial charge in [-0.2, -0.15) is 0 Å². The molecule has 0 radical (unpaired) electrons. The maximum absolute atomic E-state index is 12.9. The Morgan fingerprint density at radius 2 is 1.83 bits per heavy atom. The molecule has 0 bridgehead atoms. The molecule has 5 nitrogen and oxygen atoms in total. The van der Waals surface area contributed by atoms with E-state index in [1.807, 2.05) is 36.2 Å². The van der Waals surface area contributed by atoms with Gasteiger partial charge >= 0.3 is 0 Å². The normalized spacial score (nSPS) is 16.8. The Labute approximate surface area is 149 Å². The number of ether oxygens (including phenoxy) is 2. The van der Waals surface area contributed by atoms with Crippen LogP contribution in [-0.2, 0) is 14.3 Å². The molecule has 0 saturated heterocycles. The third-order valence-corrected chi connectivity index (χ3v) is 4.79. The van der Waals surface area contributed by atoms with E-state index < -0.39 is 6.04 Å². The fraction of sp³-hybridized carbons (Fsp3) is 0.611. The SMILES string of the molecule is COC(CN(C)C(C(=O)NC1CCCC1)c1ccc(Cl)cc1)OC. The van der Waals surface area contributed by atoms with Gasteiger partial charge in [0, 0.05) is 25.3 Å². The fourth-order valence-electron chi connectivity index (χ4n) is 3.19. The van der Waals surface area contributed by atoms with Gasteiger partial charge in [0.15, 0.2) is 6.29 Å². The van der Waals surface area contributed by atoms with E-state index in [9.17, 15) is 4.79 Å². The summed E-state index contributed by atoms with van der Waals surface area (Å²) in [6, 6.07) is 7.28. The number of rotatable bonds is 8. The van der Waals surface area contributed by atoms with Gasteiger partial charge in [0.2, 0.25) is 5.91 Å². The Bertz CT molecular complexity index is 514. The topological polar surface area (TPSA) is 50.8 Å². The first-order chi connectivity index (χ1) is 11.5. The second-order valence-electron chi connectivity index (χ2n) is 6.28. The van der Waals surface area contributed by atoms with Gasteiger partial charge in [-0.15, -0.1) is 0 Å². The highest BCUT2D eigenvalue weighted by Crippen LogP contribution is 2.24. The van der Waals surface area contributed by atoms with E-state index in [0.717, 1.165) is 18.4 Å². The maximum atomic E-state index is 12.9. The van der Waals surface area contributed by atoms with E-state index in [-0.39, 0.29) is 18.2 Å². The second kappa shape index (κ2) is 9.37. The van der Waals surface area contributed by atoms with Crippen molar-refractivity contribution in [3.63, 3.8) is 0 Å². The Morgan fingerprint density at radius 1 is 1.25 bits per heavy atom. The van der Waals surface area contributed by atoms with Crippen LogP contribution < -0.4 is 5.32 Å². The predicted molar refractivity (Wildman–Crippen MR) is 95.0 cm³/mol. The quantitative estimate of drug-likeness (QED) is 0.729. The first-order valence-corrected chi connectivity index (χ1v) is 8.74. The minimum atomic E-state index is -0.407. The first kappa shape index (κ1) is 19.2. The Hall–Kier alpha value is -1.14. The third-order valence-electron chi connectivity index (χ3n) is 4.54. The Balaban J connectivity index is 2.16. The van der Waals surface area contributed by atoms with E-state index in [0.29, 0.717) is 11.6 Å². The van der Waals surface area contributed by atoms with Crippen molar-refractivity contribution in [1.29, 1.82) is 0 Å².